The smallest absolute Gasteiger partial charge is 0.149 e. The molecular formula is C15H28N4O. The standard InChI is InChI=1S/C15H28N4O/c1-5-8-17-14-11-16-12-15(18-14)19(9-10-20-4)13(6-2)7-3/h11-13H,5-10H2,1-4H3,(H,17,18). The molecule has 0 aliphatic rings. The Kier molecular flexibility index (Phi) is 7.95. The largest absolute Gasteiger partial charge is 0.383 e. The van der Waals surface area contributed by atoms with Crippen molar-refractivity contribution in [2.45, 2.75) is 46.1 Å². The number of hydrogen-bond donors (Lipinski definition) is 1. The van der Waals surface area contributed by atoms with Crippen LogP contribution in [0.5, 0.6) is 0 Å². The van der Waals surface area contributed by atoms with Crippen LogP contribution in [0.2, 0.25) is 0 Å². The molecule has 0 aliphatic carbocycles. The fraction of sp³-hybridized carbons (Fsp3) is 0.733. The molecule has 0 amide bonds. The predicted octanol–water partition coefficient (Wildman–Crippen LogP) is 2.94. The Morgan fingerprint density at radius 2 is 2.00 bits per heavy atom. The van der Waals surface area contributed by atoms with Gasteiger partial charge in [-0.1, -0.05) is 20.8 Å². The number of ether oxygens (including phenoxy) is 1. The van der Waals surface area contributed by atoms with E-state index in [-0.39, 0.29) is 0 Å². The van der Waals surface area contributed by atoms with Gasteiger partial charge in [-0.2, -0.15) is 0 Å². The summed E-state index contributed by atoms with van der Waals surface area (Å²) in [6, 6.07) is 0.473. The number of hydrogen-bond acceptors (Lipinski definition) is 5. The van der Waals surface area contributed by atoms with Gasteiger partial charge >= 0.3 is 0 Å². The van der Waals surface area contributed by atoms with Crippen LogP contribution < -0.4 is 10.2 Å². The van der Waals surface area contributed by atoms with Gasteiger partial charge in [-0.3, -0.25) is 4.98 Å². The van der Waals surface area contributed by atoms with Crippen LogP contribution in [0, 0.1) is 0 Å². The van der Waals surface area contributed by atoms with Crippen molar-refractivity contribution < 1.29 is 4.74 Å². The second kappa shape index (κ2) is 9.53. The van der Waals surface area contributed by atoms with Crippen LogP contribution in [0.3, 0.4) is 0 Å². The average Bonchev–Trinajstić information content (AvgIpc) is 2.49. The molecule has 1 N–H and O–H groups in total. The van der Waals surface area contributed by atoms with E-state index in [1.165, 1.54) is 0 Å². The molecule has 1 aromatic rings. The zero-order valence-electron chi connectivity index (χ0n) is 13.2. The average molecular weight is 280 g/mol. The van der Waals surface area contributed by atoms with Crippen LogP contribution in [0.15, 0.2) is 12.4 Å². The van der Waals surface area contributed by atoms with Gasteiger partial charge in [0, 0.05) is 26.2 Å². The third-order valence-electron chi connectivity index (χ3n) is 3.39. The number of anilines is 2. The third kappa shape index (κ3) is 4.96. The summed E-state index contributed by atoms with van der Waals surface area (Å²) in [6.07, 6.45) is 6.88. The zero-order chi connectivity index (χ0) is 14.8. The monoisotopic (exact) mass is 280 g/mol. The minimum absolute atomic E-state index is 0.473. The van der Waals surface area contributed by atoms with Crippen molar-refractivity contribution in [3.8, 4) is 0 Å². The van der Waals surface area contributed by atoms with Crippen LogP contribution >= 0.6 is 0 Å². The van der Waals surface area contributed by atoms with E-state index in [4.69, 9.17) is 4.74 Å². The second-order valence-corrected chi connectivity index (χ2v) is 4.85. The van der Waals surface area contributed by atoms with Crippen molar-refractivity contribution in [1.82, 2.24) is 9.97 Å². The minimum atomic E-state index is 0.473. The van der Waals surface area contributed by atoms with Gasteiger partial charge in [0.25, 0.3) is 0 Å². The molecule has 5 heteroatoms. The lowest BCUT2D eigenvalue weighted by atomic mass is 10.1. The summed E-state index contributed by atoms with van der Waals surface area (Å²) in [7, 11) is 1.73. The Hall–Kier alpha value is -1.36. The van der Waals surface area contributed by atoms with Gasteiger partial charge in [-0.05, 0) is 19.3 Å². The maximum absolute atomic E-state index is 5.22. The number of rotatable bonds is 10. The van der Waals surface area contributed by atoms with Crippen molar-refractivity contribution in [3.63, 3.8) is 0 Å². The van der Waals surface area contributed by atoms with Gasteiger partial charge in [-0.25, -0.2) is 4.98 Å². The quantitative estimate of drug-likeness (QED) is 0.714. The Morgan fingerprint density at radius 1 is 1.25 bits per heavy atom. The Morgan fingerprint density at radius 3 is 2.60 bits per heavy atom. The summed E-state index contributed by atoms with van der Waals surface area (Å²) in [6.45, 7) is 9.02. The molecule has 0 aromatic carbocycles. The zero-order valence-corrected chi connectivity index (χ0v) is 13.2. The van der Waals surface area contributed by atoms with Gasteiger partial charge < -0.3 is 15.0 Å². The second-order valence-electron chi connectivity index (χ2n) is 4.85. The van der Waals surface area contributed by atoms with E-state index < -0.39 is 0 Å². The van der Waals surface area contributed by atoms with Crippen molar-refractivity contribution in [1.29, 1.82) is 0 Å². The predicted molar refractivity (Wildman–Crippen MR) is 84.4 cm³/mol. The Balaban J connectivity index is 2.87. The van der Waals surface area contributed by atoms with Crippen LogP contribution in [0.1, 0.15) is 40.0 Å². The van der Waals surface area contributed by atoms with E-state index >= 15 is 0 Å². The fourth-order valence-electron chi connectivity index (χ4n) is 2.24. The number of nitrogens with zero attached hydrogens (tertiary/aromatic N) is 3. The third-order valence-corrected chi connectivity index (χ3v) is 3.39. The molecule has 0 spiro atoms. The molecule has 114 valence electrons. The molecule has 5 nitrogen and oxygen atoms in total. The molecule has 0 saturated carbocycles. The number of methoxy groups -OCH3 is 1. The van der Waals surface area contributed by atoms with Gasteiger partial charge in [0.1, 0.15) is 11.6 Å². The Labute approximate surface area is 122 Å². The lowest BCUT2D eigenvalue weighted by molar-refractivity contribution is 0.202. The van der Waals surface area contributed by atoms with E-state index in [0.717, 1.165) is 44.0 Å². The normalized spacial score (nSPS) is 10.8. The summed E-state index contributed by atoms with van der Waals surface area (Å²) >= 11 is 0. The maximum atomic E-state index is 5.22. The highest BCUT2D eigenvalue weighted by atomic mass is 16.5. The van der Waals surface area contributed by atoms with Gasteiger partial charge in [0.2, 0.25) is 0 Å². The molecule has 0 aliphatic heterocycles. The summed E-state index contributed by atoms with van der Waals surface area (Å²) in [5.41, 5.74) is 0. The molecule has 0 saturated heterocycles. The van der Waals surface area contributed by atoms with Crippen molar-refractivity contribution >= 4 is 11.6 Å². The van der Waals surface area contributed by atoms with E-state index in [9.17, 15) is 0 Å². The fourth-order valence-corrected chi connectivity index (χ4v) is 2.24. The first kappa shape index (κ1) is 16.7. The molecule has 0 atom stereocenters. The SMILES string of the molecule is CCCNc1cncc(N(CCOC)C(CC)CC)n1. The summed E-state index contributed by atoms with van der Waals surface area (Å²) < 4.78 is 5.22. The summed E-state index contributed by atoms with van der Waals surface area (Å²) in [5, 5.41) is 3.29. The first-order valence-corrected chi connectivity index (χ1v) is 7.58. The molecular weight excluding hydrogens is 252 g/mol. The first-order chi connectivity index (χ1) is 9.76. The maximum Gasteiger partial charge on any atom is 0.149 e. The molecule has 20 heavy (non-hydrogen) atoms. The minimum Gasteiger partial charge on any atom is -0.383 e. The van der Waals surface area contributed by atoms with Gasteiger partial charge in [0.15, 0.2) is 0 Å². The Bertz CT molecular complexity index is 369. The van der Waals surface area contributed by atoms with Gasteiger partial charge in [0.05, 0.1) is 19.0 Å². The lowest BCUT2D eigenvalue weighted by Crippen LogP contribution is -2.37. The lowest BCUT2D eigenvalue weighted by Gasteiger charge is -2.31. The van der Waals surface area contributed by atoms with Gasteiger partial charge in [-0.15, -0.1) is 0 Å². The molecule has 1 rings (SSSR count). The van der Waals surface area contributed by atoms with Crippen molar-refractivity contribution in [2.24, 2.45) is 0 Å². The topological polar surface area (TPSA) is 50.3 Å². The van der Waals surface area contributed by atoms with Crippen LogP contribution in [-0.2, 0) is 4.74 Å². The number of nitrogens with one attached hydrogen (secondary N) is 1. The highest BCUT2D eigenvalue weighted by Crippen LogP contribution is 2.18. The molecule has 0 fully saturated rings. The number of aromatic nitrogens is 2. The highest BCUT2D eigenvalue weighted by molar-refractivity contribution is 5.44. The van der Waals surface area contributed by atoms with E-state index in [2.05, 4.69) is 41.0 Å². The molecule has 0 radical (unpaired) electrons. The summed E-state index contributed by atoms with van der Waals surface area (Å²) in [4.78, 5) is 11.3. The molecule has 1 heterocycles. The van der Waals surface area contributed by atoms with Crippen LogP contribution in [-0.4, -0.2) is 42.8 Å². The van der Waals surface area contributed by atoms with Crippen LogP contribution in [0.4, 0.5) is 11.6 Å². The molecule has 1 aromatic heterocycles. The highest BCUT2D eigenvalue weighted by Gasteiger charge is 2.17. The van der Waals surface area contributed by atoms with E-state index in [1.54, 1.807) is 13.3 Å². The molecule has 0 unspecified atom stereocenters. The van der Waals surface area contributed by atoms with Crippen LogP contribution in [0.25, 0.3) is 0 Å². The van der Waals surface area contributed by atoms with Crippen molar-refractivity contribution in [2.75, 3.05) is 37.0 Å². The first-order valence-electron chi connectivity index (χ1n) is 7.58. The van der Waals surface area contributed by atoms with E-state index in [1.807, 2.05) is 6.20 Å². The van der Waals surface area contributed by atoms with Crippen molar-refractivity contribution in [3.05, 3.63) is 12.4 Å². The van der Waals surface area contributed by atoms with E-state index in [0.29, 0.717) is 12.6 Å². The summed E-state index contributed by atoms with van der Waals surface area (Å²) in [5.74, 6) is 1.77. The molecule has 0 bridgehead atoms.